The van der Waals surface area contributed by atoms with Crippen LogP contribution in [0.3, 0.4) is 0 Å². The van der Waals surface area contributed by atoms with Crippen molar-refractivity contribution in [3.63, 3.8) is 0 Å². The maximum atomic E-state index is 12.7. The lowest BCUT2D eigenvalue weighted by Gasteiger charge is -2.25. The zero-order chi connectivity index (χ0) is 24.3. The third kappa shape index (κ3) is 5.50. The van der Waals surface area contributed by atoms with Crippen molar-refractivity contribution < 1.29 is 19.2 Å². The number of aryl methyl sites for hydroxylation is 1. The van der Waals surface area contributed by atoms with Gasteiger partial charge in [-0.25, -0.2) is 4.79 Å². The summed E-state index contributed by atoms with van der Waals surface area (Å²) in [6, 6.07) is 16.9. The second kappa shape index (κ2) is 10.0. The number of rotatable bonds is 9. The minimum Gasteiger partial charge on any atom is -0.469 e. The van der Waals surface area contributed by atoms with Gasteiger partial charge >= 0.3 is 11.9 Å². The second-order valence-electron chi connectivity index (χ2n) is 10.0. The number of ether oxygens (including phenoxy) is 1. The van der Waals surface area contributed by atoms with E-state index in [1.807, 2.05) is 44.0 Å². The second-order valence-corrected chi connectivity index (χ2v) is 10.0. The number of hydroxylamine groups is 2. The summed E-state index contributed by atoms with van der Waals surface area (Å²) in [4.78, 5) is 30.2. The van der Waals surface area contributed by atoms with Gasteiger partial charge in [0.1, 0.15) is 0 Å². The molecule has 6 heteroatoms. The zero-order valence-electron chi connectivity index (χ0n) is 20.5. The minimum atomic E-state index is -0.565. The monoisotopic (exact) mass is 462 g/mol. The third-order valence-corrected chi connectivity index (χ3v) is 6.17. The van der Waals surface area contributed by atoms with Gasteiger partial charge in [-0.05, 0) is 62.8 Å². The van der Waals surface area contributed by atoms with Crippen LogP contribution < -0.4 is 0 Å². The van der Waals surface area contributed by atoms with Gasteiger partial charge in [-0.2, -0.15) is 0 Å². The number of carbonyl (C=O) groups excluding carboxylic acids is 2. The van der Waals surface area contributed by atoms with Crippen LogP contribution in [0, 0.1) is 5.41 Å². The molecule has 0 unspecified atom stereocenters. The molecule has 1 aliphatic rings. The topological polar surface area (TPSA) is 60.8 Å². The number of benzene rings is 2. The van der Waals surface area contributed by atoms with Gasteiger partial charge in [-0.3, -0.25) is 4.79 Å². The number of fused-ring (bicyclic) bond motifs is 1. The van der Waals surface area contributed by atoms with E-state index in [1.54, 1.807) is 0 Å². The van der Waals surface area contributed by atoms with Crippen molar-refractivity contribution >= 4 is 22.8 Å². The lowest BCUT2D eigenvalue weighted by atomic mass is 9.98. The Morgan fingerprint density at radius 2 is 1.79 bits per heavy atom. The van der Waals surface area contributed by atoms with Crippen LogP contribution >= 0.6 is 0 Å². The number of aromatic nitrogens is 1. The molecule has 0 atom stereocenters. The van der Waals surface area contributed by atoms with Crippen LogP contribution in [0.5, 0.6) is 0 Å². The van der Waals surface area contributed by atoms with Crippen LogP contribution in [0.15, 0.2) is 54.7 Å². The minimum absolute atomic E-state index is 0.198. The Labute approximate surface area is 201 Å². The summed E-state index contributed by atoms with van der Waals surface area (Å²) in [6.07, 6.45) is 5.27. The highest BCUT2D eigenvalue weighted by Gasteiger charge is 2.35. The Hall–Kier alpha value is -3.12. The highest BCUT2D eigenvalue weighted by molar-refractivity contribution is 5.98. The Morgan fingerprint density at radius 1 is 1.06 bits per heavy atom. The van der Waals surface area contributed by atoms with Gasteiger partial charge in [0.25, 0.3) is 0 Å². The van der Waals surface area contributed by atoms with Gasteiger partial charge in [0, 0.05) is 36.1 Å². The first-order valence-electron chi connectivity index (χ1n) is 12.0. The number of carbonyl (C=O) groups is 2. The van der Waals surface area contributed by atoms with Gasteiger partial charge in [-0.15, -0.1) is 5.06 Å². The SMILES string of the molecule is COC(=O)CCCn1cc(CN(OC(=O)C(C)(C)C)C2CC2)c2c(-c3ccccc3)cccc21. The smallest absolute Gasteiger partial charge is 0.330 e. The normalized spacial score (nSPS) is 13.9. The molecule has 4 rings (SSSR count). The van der Waals surface area contributed by atoms with Crippen LogP contribution in [-0.2, 0) is 32.3 Å². The molecule has 0 bridgehead atoms. The summed E-state index contributed by atoms with van der Waals surface area (Å²) in [7, 11) is 1.42. The van der Waals surface area contributed by atoms with E-state index >= 15 is 0 Å². The number of esters is 1. The highest BCUT2D eigenvalue weighted by Crippen LogP contribution is 2.36. The molecule has 34 heavy (non-hydrogen) atoms. The molecule has 1 aromatic heterocycles. The van der Waals surface area contributed by atoms with E-state index in [9.17, 15) is 9.59 Å². The van der Waals surface area contributed by atoms with E-state index < -0.39 is 5.41 Å². The van der Waals surface area contributed by atoms with E-state index in [1.165, 1.54) is 7.11 Å². The van der Waals surface area contributed by atoms with Gasteiger partial charge in [-0.1, -0.05) is 42.5 Å². The standard InChI is InChI=1S/C28H34N2O4/c1-28(2,3)27(32)34-30(22-15-16-22)19-21-18-29(17-9-14-25(31)33-4)24-13-8-12-23(26(21)24)20-10-6-5-7-11-20/h5-8,10-13,18,22H,9,14-17,19H2,1-4H3. The first-order valence-corrected chi connectivity index (χ1v) is 12.0. The molecule has 2 aromatic carbocycles. The molecule has 0 aliphatic heterocycles. The third-order valence-electron chi connectivity index (χ3n) is 6.17. The molecular formula is C28H34N2O4. The molecule has 3 aromatic rings. The highest BCUT2D eigenvalue weighted by atomic mass is 16.7. The lowest BCUT2D eigenvalue weighted by Crippen LogP contribution is -2.34. The Morgan fingerprint density at radius 3 is 2.44 bits per heavy atom. The number of hydrogen-bond donors (Lipinski definition) is 0. The van der Waals surface area contributed by atoms with Crippen LogP contribution in [0.1, 0.15) is 52.0 Å². The van der Waals surface area contributed by atoms with E-state index in [2.05, 4.69) is 41.1 Å². The average molecular weight is 463 g/mol. The summed E-state index contributed by atoms with van der Waals surface area (Å²) < 4.78 is 7.01. The fourth-order valence-electron chi connectivity index (χ4n) is 4.11. The maximum Gasteiger partial charge on any atom is 0.330 e. The molecule has 180 valence electrons. The van der Waals surface area contributed by atoms with Gasteiger partial charge in [0.05, 0.1) is 19.1 Å². The summed E-state index contributed by atoms with van der Waals surface area (Å²) in [5.41, 5.74) is 3.95. The number of nitrogens with zero attached hydrogens (tertiary/aromatic N) is 2. The Balaban J connectivity index is 1.71. The van der Waals surface area contributed by atoms with Crippen LogP contribution in [-0.4, -0.2) is 34.7 Å². The van der Waals surface area contributed by atoms with E-state index in [0.29, 0.717) is 25.9 Å². The molecule has 0 spiro atoms. The molecular weight excluding hydrogens is 428 g/mol. The summed E-state index contributed by atoms with van der Waals surface area (Å²) in [5, 5.41) is 3.02. The average Bonchev–Trinajstić information content (AvgIpc) is 3.61. The first-order chi connectivity index (χ1) is 16.3. The Bertz CT molecular complexity index is 1160. The summed E-state index contributed by atoms with van der Waals surface area (Å²) >= 11 is 0. The lowest BCUT2D eigenvalue weighted by molar-refractivity contribution is -0.206. The molecule has 1 fully saturated rings. The maximum absolute atomic E-state index is 12.7. The van der Waals surface area contributed by atoms with Crippen molar-refractivity contribution in [2.45, 2.75) is 65.6 Å². The van der Waals surface area contributed by atoms with Crippen molar-refractivity contribution in [2.75, 3.05) is 7.11 Å². The van der Waals surface area contributed by atoms with Crippen LogP contribution in [0.4, 0.5) is 0 Å². The molecule has 1 saturated carbocycles. The van der Waals surface area contributed by atoms with Crippen molar-refractivity contribution in [2.24, 2.45) is 5.41 Å². The molecule has 1 heterocycles. The fourth-order valence-corrected chi connectivity index (χ4v) is 4.11. The van der Waals surface area contributed by atoms with Crippen LogP contribution in [0.2, 0.25) is 0 Å². The largest absolute Gasteiger partial charge is 0.469 e. The van der Waals surface area contributed by atoms with E-state index in [4.69, 9.17) is 9.57 Å². The van der Waals surface area contributed by atoms with Crippen molar-refractivity contribution in [1.29, 1.82) is 0 Å². The van der Waals surface area contributed by atoms with Gasteiger partial charge in [0.15, 0.2) is 0 Å². The molecule has 0 amide bonds. The summed E-state index contributed by atoms with van der Waals surface area (Å²) in [5.74, 6) is -0.417. The van der Waals surface area contributed by atoms with E-state index in [-0.39, 0.29) is 18.0 Å². The fraction of sp³-hybridized carbons (Fsp3) is 0.429. The van der Waals surface area contributed by atoms with Gasteiger partial charge < -0.3 is 14.1 Å². The van der Waals surface area contributed by atoms with Crippen molar-refractivity contribution in [1.82, 2.24) is 9.63 Å². The number of methoxy groups -OCH3 is 1. The summed E-state index contributed by atoms with van der Waals surface area (Å²) in [6.45, 7) is 6.86. The van der Waals surface area contributed by atoms with Gasteiger partial charge in [0.2, 0.25) is 0 Å². The zero-order valence-corrected chi connectivity index (χ0v) is 20.5. The van der Waals surface area contributed by atoms with E-state index in [0.717, 1.165) is 40.4 Å². The Kier molecular flexibility index (Phi) is 7.08. The predicted molar refractivity (Wildman–Crippen MR) is 133 cm³/mol. The molecule has 0 radical (unpaired) electrons. The molecule has 0 saturated heterocycles. The molecule has 1 aliphatic carbocycles. The number of hydrogen-bond acceptors (Lipinski definition) is 5. The first kappa shape index (κ1) is 24.0. The quantitative estimate of drug-likeness (QED) is 0.300. The van der Waals surface area contributed by atoms with Crippen molar-refractivity contribution in [3.05, 3.63) is 60.3 Å². The molecule has 0 N–H and O–H groups in total. The predicted octanol–water partition coefficient (Wildman–Crippen LogP) is 5.73. The molecule has 6 nitrogen and oxygen atoms in total. The van der Waals surface area contributed by atoms with Crippen molar-refractivity contribution in [3.8, 4) is 11.1 Å². The van der Waals surface area contributed by atoms with Crippen LogP contribution in [0.25, 0.3) is 22.0 Å².